The number of rotatable bonds is 3. The Morgan fingerprint density at radius 1 is 1.17 bits per heavy atom. The molecule has 0 aliphatic heterocycles. The van der Waals surface area contributed by atoms with Crippen LogP contribution in [0.3, 0.4) is 0 Å². The van der Waals surface area contributed by atoms with E-state index in [-0.39, 0.29) is 0 Å². The van der Waals surface area contributed by atoms with Crippen LogP contribution in [0.4, 0.5) is 11.5 Å². The molecule has 0 atom stereocenters. The number of nitrogens with two attached hydrogens (primary N) is 1. The van der Waals surface area contributed by atoms with E-state index in [9.17, 15) is 0 Å². The maximum absolute atomic E-state index is 5.91. The molecule has 0 saturated carbocycles. The van der Waals surface area contributed by atoms with Crippen molar-refractivity contribution < 1.29 is 0 Å². The summed E-state index contributed by atoms with van der Waals surface area (Å²) >= 11 is 0. The van der Waals surface area contributed by atoms with E-state index in [1.54, 1.807) is 0 Å². The number of anilines is 2. The van der Waals surface area contributed by atoms with Gasteiger partial charge in [0.2, 0.25) is 0 Å². The minimum absolute atomic E-state index is 0.788. The number of aromatic nitrogens is 1. The third-order valence-electron chi connectivity index (χ3n) is 3.06. The van der Waals surface area contributed by atoms with E-state index in [0.29, 0.717) is 0 Å². The topological polar surface area (TPSA) is 42.1 Å². The van der Waals surface area contributed by atoms with Gasteiger partial charge in [0.25, 0.3) is 0 Å². The molecule has 3 nitrogen and oxygen atoms in total. The van der Waals surface area contributed by atoms with Crippen LogP contribution in [0.5, 0.6) is 0 Å². The monoisotopic (exact) mass is 241 g/mol. The summed E-state index contributed by atoms with van der Waals surface area (Å²) in [5.41, 5.74) is 10.3. The van der Waals surface area contributed by atoms with Gasteiger partial charge in [0.05, 0.1) is 0 Å². The molecule has 0 fully saturated rings. The Morgan fingerprint density at radius 3 is 2.44 bits per heavy atom. The third kappa shape index (κ3) is 2.80. The van der Waals surface area contributed by atoms with E-state index >= 15 is 0 Å². The number of nitrogen functional groups attached to an aromatic ring is 1. The van der Waals surface area contributed by atoms with Crippen molar-refractivity contribution in [3.63, 3.8) is 0 Å². The molecule has 0 aliphatic carbocycles. The summed E-state index contributed by atoms with van der Waals surface area (Å²) < 4.78 is 0. The molecule has 3 heteroatoms. The Labute approximate surface area is 108 Å². The summed E-state index contributed by atoms with van der Waals surface area (Å²) in [5, 5.41) is 0. The standard InChI is InChI=1S/C15H19N3/c1-11-4-6-13(7-5-11)10-18(3)15-8-14(16)12(2)9-17-15/h4-9H,10H2,1-3H3,(H2,16,17). The molecule has 0 saturated heterocycles. The fourth-order valence-corrected chi connectivity index (χ4v) is 1.78. The zero-order valence-electron chi connectivity index (χ0n) is 11.1. The Bertz CT molecular complexity index is 532. The molecule has 18 heavy (non-hydrogen) atoms. The molecular weight excluding hydrogens is 222 g/mol. The molecule has 2 aromatic rings. The summed E-state index contributed by atoms with van der Waals surface area (Å²) in [6.07, 6.45) is 1.82. The lowest BCUT2D eigenvalue weighted by atomic mass is 10.1. The average Bonchev–Trinajstić information content (AvgIpc) is 2.35. The smallest absolute Gasteiger partial charge is 0.130 e. The number of benzene rings is 1. The second-order valence-corrected chi connectivity index (χ2v) is 4.74. The molecule has 0 unspecified atom stereocenters. The van der Waals surface area contributed by atoms with Crippen LogP contribution in [0, 0.1) is 13.8 Å². The first-order chi connectivity index (χ1) is 8.56. The summed E-state index contributed by atoms with van der Waals surface area (Å²) in [7, 11) is 2.02. The van der Waals surface area contributed by atoms with Crippen LogP contribution in [0.1, 0.15) is 16.7 Å². The van der Waals surface area contributed by atoms with Gasteiger partial charge in [0.15, 0.2) is 0 Å². The number of nitrogens with zero attached hydrogens (tertiary/aromatic N) is 2. The Hall–Kier alpha value is -2.03. The van der Waals surface area contributed by atoms with E-state index in [0.717, 1.165) is 23.6 Å². The van der Waals surface area contributed by atoms with E-state index in [1.165, 1.54) is 11.1 Å². The van der Waals surface area contributed by atoms with Crippen molar-refractivity contribution in [1.29, 1.82) is 0 Å². The molecule has 1 aromatic heterocycles. The second kappa shape index (κ2) is 5.08. The zero-order chi connectivity index (χ0) is 13.1. The van der Waals surface area contributed by atoms with Crippen molar-refractivity contribution in [2.45, 2.75) is 20.4 Å². The van der Waals surface area contributed by atoms with E-state index < -0.39 is 0 Å². The van der Waals surface area contributed by atoms with Gasteiger partial charge in [-0.25, -0.2) is 4.98 Å². The van der Waals surface area contributed by atoms with Gasteiger partial charge in [-0.2, -0.15) is 0 Å². The Kier molecular flexibility index (Phi) is 3.51. The Morgan fingerprint density at radius 2 is 1.83 bits per heavy atom. The van der Waals surface area contributed by atoms with Crippen LogP contribution in [0.2, 0.25) is 0 Å². The number of hydrogen-bond donors (Lipinski definition) is 1. The van der Waals surface area contributed by atoms with Crippen LogP contribution in [-0.4, -0.2) is 12.0 Å². The zero-order valence-corrected chi connectivity index (χ0v) is 11.1. The number of hydrogen-bond acceptors (Lipinski definition) is 3. The predicted molar refractivity (Wildman–Crippen MR) is 76.7 cm³/mol. The fraction of sp³-hybridized carbons (Fsp3) is 0.267. The highest BCUT2D eigenvalue weighted by Crippen LogP contribution is 2.18. The van der Waals surface area contributed by atoms with Crippen molar-refractivity contribution >= 4 is 11.5 Å². The second-order valence-electron chi connectivity index (χ2n) is 4.74. The molecule has 2 rings (SSSR count). The maximum Gasteiger partial charge on any atom is 0.130 e. The summed E-state index contributed by atoms with van der Waals surface area (Å²) in [5.74, 6) is 0.902. The minimum Gasteiger partial charge on any atom is -0.398 e. The lowest BCUT2D eigenvalue weighted by molar-refractivity contribution is 0.897. The van der Waals surface area contributed by atoms with Crippen molar-refractivity contribution in [3.8, 4) is 0 Å². The fourth-order valence-electron chi connectivity index (χ4n) is 1.78. The third-order valence-corrected chi connectivity index (χ3v) is 3.06. The van der Waals surface area contributed by atoms with Gasteiger partial charge in [-0.1, -0.05) is 29.8 Å². The van der Waals surface area contributed by atoms with Gasteiger partial charge < -0.3 is 10.6 Å². The first-order valence-corrected chi connectivity index (χ1v) is 6.05. The molecular formula is C15H19N3. The number of pyridine rings is 1. The van der Waals surface area contributed by atoms with Crippen molar-refractivity contribution in [2.24, 2.45) is 0 Å². The predicted octanol–water partition coefficient (Wildman–Crippen LogP) is 2.92. The van der Waals surface area contributed by atoms with Crippen LogP contribution in [0.15, 0.2) is 36.5 Å². The lowest BCUT2D eigenvalue weighted by Crippen LogP contribution is -2.18. The Balaban J connectivity index is 2.13. The quantitative estimate of drug-likeness (QED) is 0.898. The molecule has 2 N–H and O–H groups in total. The van der Waals surface area contributed by atoms with Gasteiger partial charge in [-0.15, -0.1) is 0 Å². The van der Waals surface area contributed by atoms with E-state index in [4.69, 9.17) is 5.73 Å². The lowest BCUT2D eigenvalue weighted by Gasteiger charge is -2.19. The van der Waals surface area contributed by atoms with Crippen LogP contribution >= 0.6 is 0 Å². The normalized spacial score (nSPS) is 10.4. The van der Waals surface area contributed by atoms with Crippen LogP contribution in [0.25, 0.3) is 0 Å². The van der Waals surface area contributed by atoms with Crippen LogP contribution in [-0.2, 0) is 6.54 Å². The average molecular weight is 241 g/mol. The molecule has 0 amide bonds. The first kappa shape index (κ1) is 12.4. The SMILES string of the molecule is Cc1ccc(CN(C)c2cc(N)c(C)cn2)cc1. The summed E-state index contributed by atoms with van der Waals surface area (Å²) in [6.45, 7) is 4.89. The van der Waals surface area contributed by atoms with Gasteiger partial charge in [-0.3, -0.25) is 0 Å². The van der Waals surface area contributed by atoms with Crippen molar-refractivity contribution in [2.75, 3.05) is 17.7 Å². The molecule has 1 heterocycles. The van der Waals surface area contributed by atoms with Gasteiger partial charge in [0, 0.05) is 31.5 Å². The van der Waals surface area contributed by atoms with Gasteiger partial charge in [0.1, 0.15) is 5.82 Å². The molecule has 1 aromatic carbocycles. The molecule has 0 aliphatic rings. The highest BCUT2D eigenvalue weighted by Gasteiger charge is 2.05. The van der Waals surface area contributed by atoms with Gasteiger partial charge in [-0.05, 0) is 25.0 Å². The van der Waals surface area contributed by atoms with Gasteiger partial charge >= 0.3 is 0 Å². The van der Waals surface area contributed by atoms with Crippen molar-refractivity contribution in [3.05, 3.63) is 53.2 Å². The minimum atomic E-state index is 0.788. The number of aryl methyl sites for hydroxylation is 2. The summed E-state index contributed by atoms with van der Waals surface area (Å²) in [6, 6.07) is 10.5. The highest BCUT2D eigenvalue weighted by molar-refractivity contribution is 5.54. The van der Waals surface area contributed by atoms with E-state index in [2.05, 4.69) is 41.1 Å². The molecule has 0 radical (unpaired) electrons. The van der Waals surface area contributed by atoms with Crippen LogP contribution < -0.4 is 10.6 Å². The summed E-state index contributed by atoms with van der Waals surface area (Å²) in [4.78, 5) is 6.50. The molecule has 0 spiro atoms. The largest absolute Gasteiger partial charge is 0.398 e. The molecule has 94 valence electrons. The van der Waals surface area contributed by atoms with Crippen molar-refractivity contribution in [1.82, 2.24) is 4.98 Å². The first-order valence-electron chi connectivity index (χ1n) is 6.05. The molecule has 0 bridgehead atoms. The highest BCUT2D eigenvalue weighted by atomic mass is 15.2. The maximum atomic E-state index is 5.91. The van der Waals surface area contributed by atoms with E-state index in [1.807, 2.05) is 26.2 Å².